The highest BCUT2D eigenvalue weighted by Crippen LogP contribution is 2.34. The number of carbonyl (C=O) groups is 2. The summed E-state index contributed by atoms with van der Waals surface area (Å²) in [6, 6.07) is 7.00. The van der Waals surface area contributed by atoms with Crippen molar-refractivity contribution in [2.75, 3.05) is 13.2 Å². The molecule has 1 saturated carbocycles. The number of nitrogens with zero attached hydrogens (tertiary/aromatic N) is 1. The number of aliphatic hydroxyl groups is 2. The van der Waals surface area contributed by atoms with Crippen molar-refractivity contribution in [1.82, 2.24) is 10.2 Å². The standard InChI is InChI=1S/C25H35IN2O5/c1-16(2)25(32)28(18-8-4-3-5-9-18)20-14-17(24(31)27-12-13-29)15-22(23(20)30)33-21-11-7-6-10-19(21)26/h6-7,10-11,15-16,18,20,22-23,29-30H,3-5,8-9,12-14H2,1-2H3,(H,27,31)/t20-,22+,23+/m1/s1. The number of amides is 2. The largest absolute Gasteiger partial charge is 0.482 e. The van der Waals surface area contributed by atoms with E-state index in [0.717, 1.165) is 35.7 Å². The highest BCUT2D eigenvalue weighted by molar-refractivity contribution is 14.1. The van der Waals surface area contributed by atoms with Crippen LogP contribution in [0.15, 0.2) is 35.9 Å². The first kappa shape index (κ1) is 26.0. The van der Waals surface area contributed by atoms with E-state index in [1.54, 1.807) is 6.08 Å². The van der Waals surface area contributed by atoms with Gasteiger partial charge in [0, 0.05) is 30.5 Å². The fourth-order valence-corrected chi connectivity index (χ4v) is 5.22. The predicted octanol–water partition coefficient (Wildman–Crippen LogP) is 3.02. The van der Waals surface area contributed by atoms with Crippen LogP contribution in [0.3, 0.4) is 0 Å². The minimum Gasteiger partial charge on any atom is -0.482 e. The topological polar surface area (TPSA) is 99.1 Å². The summed E-state index contributed by atoms with van der Waals surface area (Å²) in [5, 5.41) is 23.3. The molecule has 0 saturated heterocycles. The fourth-order valence-electron chi connectivity index (χ4n) is 4.71. The number of hydrogen-bond acceptors (Lipinski definition) is 5. The Morgan fingerprint density at radius 2 is 1.91 bits per heavy atom. The van der Waals surface area contributed by atoms with Gasteiger partial charge in [-0.25, -0.2) is 0 Å². The van der Waals surface area contributed by atoms with E-state index in [0.29, 0.717) is 11.3 Å². The van der Waals surface area contributed by atoms with Crippen molar-refractivity contribution in [1.29, 1.82) is 0 Å². The molecule has 0 bridgehead atoms. The number of hydrogen-bond donors (Lipinski definition) is 3. The van der Waals surface area contributed by atoms with Crippen LogP contribution in [-0.2, 0) is 9.59 Å². The molecular formula is C25H35IN2O5. The van der Waals surface area contributed by atoms with Crippen molar-refractivity contribution in [3.63, 3.8) is 0 Å². The molecule has 0 radical (unpaired) electrons. The van der Waals surface area contributed by atoms with Crippen LogP contribution in [-0.4, -0.2) is 64.4 Å². The molecule has 2 aliphatic rings. The van der Waals surface area contributed by atoms with Gasteiger partial charge < -0.3 is 25.2 Å². The Bertz CT molecular complexity index is 853. The number of aliphatic hydroxyl groups excluding tert-OH is 2. The Morgan fingerprint density at radius 3 is 2.55 bits per heavy atom. The van der Waals surface area contributed by atoms with Gasteiger partial charge in [0.25, 0.3) is 0 Å². The summed E-state index contributed by atoms with van der Waals surface area (Å²) in [5.74, 6) is 0.0913. The third kappa shape index (κ3) is 6.48. The van der Waals surface area contributed by atoms with E-state index >= 15 is 0 Å². The van der Waals surface area contributed by atoms with Gasteiger partial charge in [0.05, 0.1) is 16.2 Å². The molecule has 0 unspecified atom stereocenters. The molecule has 182 valence electrons. The SMILES string of the molecule is CC(C)C(=O)N(C1CCCCC1)[C@@H]1CC(C(=O)NCCO)=C[C@H](Oc2ccccc2I)[C@H]1O. The zero-order valence-electron chi connectivity index (χ0n) is 19.4. The Hall–Kier alpha value is -1.65. The number of benzene rings is 1. The van der Waals surface area contributed by atoms with E-state index < -0.39 is 18.2 Å². The second-order valence-electron chi connectivity index (χ2n) is 9.14. The molecule has 7 nitrogen and oxygen atoms in total. The number of rotatable bonds is 8. The van der Waals surface area contributed by atoms with Crippen LogP contribution in [0.4, 0.5) is 0 Å². The van der Waals surface area contributed by atoms with Crippen LogP contribution < -0.4 is 10.1 Å². The van der Waals surface area contributed by atoms with Crippen LogP contribution in [0.25, 0.3) is 0 Å². The minimum absolute atomic E-state index is 0.00370. The average Bonchev–Trinajstić information content (AvgIpc) is 2.81. The van der Waals surface area contributed by atoms with Gasteiger partial charge in [0.2, 0.25) is 11.8 Å². The lowest BCUT2D eigenvalue weighted by molar-refractivity contribution is -0.146. The zero-order chi connectivity index (χ0) is 24.0. The number of nitrogens with one attached hydrogen (secondary N) is 1. The van der Waals surface area contributed by atoms with Gasteiger partial charge in [-0.3, -0.25) is 9.59 Å². The molecule has 0 aromatic heterocycles. The van der Waals surface area contributed by atoms with E-state index in [1.165, 1.54) is 0 Å². The lowest BCUT2D eigenvalue weighted by atomic mass is 9.84. The van der Waals surface area contributed by atoms with Crippen molar-refractivity contribution >= 4 is 34.4 Å². The van der Waals surface area contributed by atoms with Crippen LogP contribution in [0, 0.1) is 9.49 Å². The molecule has 3 rings (SSSR count). The van der Waals surface area contributed by atoms with Gasteiger partial charge in [-0.05, 0) is 53.6 Å². The quantitative estimate of drug-likeness (QED) is 0.418. The first-order valence-electron chi connectivity index (χ1n) is 11.8. The van der Waals surface area contributed by atoms with Crippen LogP contribution >= 0.6 is 22.6 Å². The molecule has 3 atom stereocenters. The van der Waals surface area contributed by atoms with Gasteiger partial charge in [0.15, 0.2) is 0 Å². The molecule has 1 aromatic rings. The number of halogens is 1. The summed E-state index contributed by atoms with van der Waals surface area (Å²) in [5.41, 5.74) is 0.465. The molecule has 2 aliphatic carbocycles. The summed E-state index contributed by atoms with van der Waals surface area (Å²) in [7, 11) is 0. The number of ether oxygens (including phenoxy) is 1. The van der Waals surface area contributed by atoms with Crippen molar-refractivity contribution < 1.29 is 24.5 Å². The Labute approximate surface area is 209 Å². The Balaban J connectivity index is 1.96. The second-order valence-corrected chi connectivity index (χ2v) is 10.3. The maximum absolute atomic E-state index is 13.4. The van der Waals surface area contributed by atoms with Gasteiger partial charge in [-0.2, -0.15) is 0 Å². The summed E-state index contributed by atoms with van der Waals surface area (Å²) < 4.78 is 7.08. The van der Waals surface area contributed by atoms with Crippen molar-refractivity contribution in [3.05, 3.63) is 39.5 Å². The van der Waals surface area contributed by atoms with Gasteiger partial charge >= 0.3 is 0 Å². The van der Waals surface area contributed by atoms with Gasteiger partial charge in [0.1, 0.15) is 18.0 Å². The van der Waals surface area contributed by atoms with E-state index in [4.69, 9.17) is 9.84 Å². The first-order valence-corrected chi connectivity index (χ1v) is 12.9. The number of para-hydroxylation sites is 1. The van der Waals surface area contributed by atoms with E-state index in [1.807, 2.05) is 43.0 Å². The molecule has 0 spiro atoms. The van der Waals surface area contributed by atoms with Crippen LogP contribution in [0.1, 0.15) is 52.4 Å². The van der Waals surface area contributed by atoms with Gasteiger partial charge in [-0.1, -0.05) is 45.2 Å². The zero-order valence-corrected chi connectivity index (χ0v) is 21.5. The predicted molar refractivity (Wildman–Crippen MR) is 135 cm³/mol. The summed E-state index contributed by atoms with van der Waals surface area (Å²) in [4.78, 5) is 28.1. The molecule has 1 aromatic carbocycles. The lowest BCUT2D eigenvalue weighted by Crippen LogP contribution is -2.59. The van der Waals surface area contributed by atoms with E-state index in [9.17, 15) is 14.7 Å². The molecule has 3 N–H and O–H groups in total. The maximum Gasteiger partial charge on any atom is 0.247 e. The molecule has 1 fully saturated rings. The molecular weight excluding hydrogens is 535 g/mol. The molecule has 0 aliphatic heterocycles. The average molecular weight is 570 g/mol. The summed E-state index contributed by atoms with van der Waals surface area (Å²) >= 11 is 2.17. The first-order chi connectivity index (χ1) is 15.8. The fraction of sp³-hybridized carbons (Fsp3) is 0.600. The minimum atomic E-state index is -0.972. The summed E-state index contributed by atoms with van der Waals surface area (Å²) in [6.45, 7) is 3.73. The third-order valence-electron chi connectivity index (χ3n) is 6.39. The van der Waals surface area contributed by atoms with Crippen LogP contribution in [0.2, 0.25) is 0 Å². The van der Waals surface area contributed by atoms with Crippen LogP contribution in [0.5, 0.6) is 5.75 Å². The van der Waals surface area contributed by atoms with E-state index in [-0.39, 0.29) is 43.3 Å². The molecule has 33 heavy (non-hydrogen) atoms. The van der Waals surface area contributed by atoms with E-state index in [2.05, 4.69) is 27.9 Å². The highest BCUT2D eigenvalue weighted by atomic mass is 127. The molecule has 8 heteroatoms. The smallest absolute Gasteiger partial charge is 0.247 e. The maximum atomic E-state index is 13.4. The Morgan fingerprint density at radius 1 is 1.21 bits per heavy atom. The third-order valence-corrected chi connectivity index (χ3v) is 7.28. The van der Waals surface area contributed by atoms with Gasteiger partial charge in [-0.15, -0.1) is 0 Å². The van der Waals surface area contributed by atoms with Crippen molar-refractivity contribution in [2.45, 2.75) is 76.7 Å². The number of carbonyl (C=O) groups excluding carboxylic acids is 2. The molecule has 0 heterocycles. The monoisotopic (exact) mass is 570 g/mol. The van der Waals surface area contributed by atoms with Crippen molar-refractivity contribution in [2.24, 2.45) is 5.92 Å². The molecule has 2 amide bonds. The lowest BCUT2D eigenvalue weighted by Gasteiger charge is -2.46. The Kier molecular flexibility index (Phi) is 9.57. The second kappa shape index (κ2) is 12.2. The normalized spacial score (nSPS) is 23.7. The van der Waals surface area contributed by atoms with Crippen molar-refractivity contribution in [3.8, 4) is 5.75 Å². The highest BCUT2D eigenvalue weighted by Gasteiger charge is 2.43. The summed E-state index contributed by atoms with van der Waals surface area (Å²) in [6.07, 6.45) is 5.23.